The number of hydrogen-bond donors (Lipinski definition) is 0. The van der Waals surface area contributed by atoms with Crippen molar-refractivity contribution in [1.29, 1.82) is 0 Å². The van der Waals surface area contributed by atoms with Crippen LogP contribution in [-0.2, 0) is 36.9 Å². The molecule has 132 valence electrons. The Hall–Kier alpha value is -0.138. The number of aliphatic carboxylic acids is 2. The molecule has 0 unspecified atom stereocenters. The van der Waals surface area contributed by atoms with Gasteiger partial charge in [-0.05, 0) is 37.5 Å². The molecule has 0 bridgehead atoms. The summed E-state index contributed by atoms with van der Waals surface area (Å²) in [5, 5.41) is 20.0. The molecule has 0 aromatic heterocycles. The fourth-order valence-electron chi connectivity index (χ4n) is 2.00. The average Bonchev–Trinajstić information content (AvgIpc) is 2.37. The van der Waals surface area contributed by atoms with Gasteiger partial charge in [-0.2, -0.15) is 0 Å². The maximum absolute atomic E-state index is 9.99. The summed E-state index contributed by atoms with van der Waals surface area (Å²) in [6.07, 6.45) is 8.72. The Labute approximate surface area is 162 Å². The van der Waals surface area contributed by atoms with Gasteiger partial charge in [0.2, 0.25) is 0 Å². The zero-order chi connectivity index (χ0) is 17.4. The van der Waals surface area contributed by atoms with E-state index in [1.807, 2.05) is 0 Å². The van der Waals surface area contributed by atoms with Gasteiger partial charge in [0.15, 0.2) is 0 Å². The molecule has 0 aliphatic rings. The van der Waals surface area contributed by atoms with E-state index in [9.17, 15) is 19.8 Å². The Kier molecular flexibility index (Phi) is 24.0. The van der Waals surface area contributed by atoms with E-state index in [1.54, 1.807) is 0 Å². The first-order valence-corrected chi connectivity index (χ1v) is 8.65. The molecule has 0 aliphatic carbocycles. The summed E-state index contributed by atoms with van der Waals surface area (Å²) < 4.78 is 0. The summed E-state index contributed by atoms with van der Waals surface area (Å²) in [4.78, 5) is 20.0. The van der Waals surface area contributed by atoms with Gasteiger partial charge < -0.3 is 19.8 Å². The van der Waals surface area contributed by atoms with E-state index in [0.29, 0.717) is 0 Å². The summed E-state index contributed by atoms with van der Waals surface area (Å²) in [6.45, 7) is 8.72. The van der Waals surface area contributed by atoms with E-state index in [-0.39, 0.29) is 40.1 Å². The minimum absolute atomic E-state index is 0. The van der Waals surface area contributed by atoms with Crippen LogP contribution >= 0.6 is 0 Å². The van der Waals surface area contributed by atoms with Crippen molar-refractivity contribution in [2.24, 2.45) is 11.8 Å². The van der Waals surface area contributed by atoms with E-state index >= 15 is 0 Å². The van der Waals surface area contributed by atoms with Gasteiger partial charge in [0.25, 0.3) is 0 Å². The molecule has 0 spiro atoms. The maximum Gasteiger partial charge on any atom is 2.00 e. The van der Waals surface area contributed by atoms with Crippen LogP contribution in [0.5, 0.6) is 0 Å². The SMILES string of the molecule is CC(C)CCCCCC(=O)[O-].CC(C)CCCCCC(=O)[O-].[Cd+2]. The van der Waals surface area contributed by atoms with Crippen molar-refractivity contribution in [2.75, 3.05) is 0 Å². The van der Waals surface area contributed by atoms with Gasteiger partial charge >= 0.3 is 27.3 Å². The van der Waals surface area contributed by atoms with Gasteiger partial charge in [0.1, 0.15) is 0 Å². The molecular weight excluding hydrogens is 393 g/mol. The fourth-order valence-corrected chi connectivity index (χ4v) is 2.00. The second-order valence-corrected chi connectivity index (χ2v) is 6.73. The van der Waals surface area contributed by atoms with E-state index in [0.717, 1.165) is 50.4 Å². The number of carbonyl (C=O) groups excluding carboxylic acids is 2. The number of carboxylic acid groups (broad SMARTS) is 2. The third kappa shape index (κ3) is 34.3. The van der Waals surface area contributed by atoms with Gasteiger partial charge in [-0.3, -0.25) is 0 Å². The molecule has 0 fully saturated rings. The van der Waals surface area contributed by atoms with Crippen LogP contribution < -0.4 is 10.2 Å². The van der Waals surface area contributed by atoms with Crippen LogP contribution in [0, 0.1) is 11.8 Å². The van der Waals surface area contributed by atoms with Gasteiger partial charge in [-0.25, -0.2) is 0 Å². The number of carbonyl (C=O) groups is 2. The Balaban J connectivity index is -0.000000333. The van der Waals surface area contributed by atoms with E-state index in [2.05, 4.69) is 27.7 Å². The van der Waals surface area contributed by atoms with Gasteiger partial charge in [0, 0.05) is 11.9 Å². The third-order valence-electron chi connectivity index (χ3n) is 3.32. The molecule has 0 aromatic rings. The summed E-state index contributed by atoms with van der Waals surface area (Å²) in [5.41, 5.74) is 0. The van der Waals surface area contributed by atoms with Gasteiger partial charge in [0.05, 0.1) is 0 Å². The molecule has 0 heterocycles. The molecule has 0 atom stereocenters. The topological polar surface area (TPSA) is 80.3 Å². The van der Waals surface area contributed by atoms with Crippen LogP contribution in [0.15, 0.2) is 0 Å². The third-order valence-corrected chi connectivity index (χ3v) is 3.32. The second kappa shape index (κ2) is 19.9. The summed E-state index contributed by atoms with van der Waals surface area (Å²) >= 11 is 0. The first-order chi connectivity index (χ1) is 10.3. The molecule has 0 N–H and O–H groups in total. The predicted molar refractivity (Wildman–Crippen MR) is 85.9 cm³/mol. The zero-order valence-electron chi connectivity index (χ0n) is 15.6. The van der Waals surface area contributed by atoms with Crippen LogP contribution in [-0.4, -0.2) is 11.9 Å². The largest absolute Gasteiger partial charge is 2.00 e. The molecule has 5 heteroatoms. The molecule has 0 aliphatic heterocycles. The Morgan fingerprint density at radius 1 is 0.652 bits per heavy atom. The smallest absolute Gasteiger partial charge is 0.550 e. The van der Waals surface area contributed by atoms with Crippen LogP contribution in [0.25, 0.3) is 0 Å². The van der Waals surface area contributed by atoms with Gasteiger partial charge in [-0.1, -0.05) is 66.2 Å². The molecule has 0 rings (SSSR count). The van der Waals surface area contributed by atoms with Crippen molar-refractivity contribution in [3.63, 3.8) is 0 Å². The number of unbranched alkanes of at least 4 members (excludes halogenated alkanes) is 4. The van der Waals surface area contributed by atoms with Crippen molar-refractivity contribution < 1.29 is 47.1 Å². The van der Waals surface area contributed by atoms with Crippen molar-refractivity contribution in [2.45, 2.75) is 91.9 Å². The summed E-state index contributed by atoms with van der Waals surface area (Å²) in [6, 6.07) is 0. The Morgan fingerprint density at radius 3 is 1.17 bits per heavy atom. The Bertz CT molecular complexity index is 250. The fraction of sp³-hybridized carbons (Fsp3) is 0.889. The molecule has 0 radical (unpaired) electrons. The zero-order valence-corrected chi connectivity index (χ0v) is 19.6. The molecule has 0 aromatic carbocycles. The first-order valence-electron chi connectivity index (χ1n) is 8.65. The minimum atomic E-state index is -0.922. The van der Waals surface area contributed by atoms with Crippen LogP contribution in [0.3, 0.4) is 0 Å². The summed E-state index contributed by atoms with van der Waals surface area (Å²) in [7, 11) is 0. The normalized spacial score (nSPS) is 10.0. The van der Waals surface area contributed by atoms with Crippen molar-refractivity contribution in [3.05, 3.63) is 0 Å². The molecule has 4 nitrogen and oxygen atoms in total. The molecule has 23 heavy (non-hydrogen) atoms. The average molecular weight is 427 g/mol. The standard InChI is InChI=1S/2C9H18O2.Cd/c2*1-8(2)6-4-3-5-7-9(10)11;/h2*8H,3-7H2,1-2H3,(H,10,11);/q;;+2/p-2. The number of hydrogen-bond acceptors (Lipinski definition) is 4. The number of carboxylic acids is 2. The van der Waals surface area contributed by atoms with E-state index < -0.39 is 11.9 Å². The van der Waals surface area contributed by atoms with E-state index in [1.165, 1.54) is 12.8 Å². The number of rotatable bonds is 12. The van der Waals surface area contributed by atoms with Gasteiger partial charge in [-0.15, -0.1) is 0 Å². The van der Waals surface area contributed by atoms with Crippen LogP contribution in [0.1, 0.15) is 91.9 Å². The first kappa shape index (κ1) is 27.7. The monoisotopic (exact) mass is 428 g/mol. The van der Waals surface area contributed by atoms with Crippen molar-refractivity contribution >= 4 is 11.9 Å². The second-order valence-electron chi connectivity index (χ2n) is 6.73. The quantitative estimate of drug-likeness (QED) is 0.355. The van der Waals surface area contributed by atoms with Crippen molar-refractivity contribution in [3.8, 4) is 0 Å². The Morgan fingerprint density at radius 2 is 0.957 bits per heavy atom. The van der Waals surface area contributed by atoms with Crippen LogP contribution in [0.4, 0.5) is 0 Å². The molecule has 0 saturated carbocycles. The molecular formula is C18H34CdO4. The predicted octanol–water partition coefficient (Wildman–Crippen LogP) is 2.68. The minimum Gasteiger partial charge on any atom is -0.550 e. The van der Waals surface area contributed by atoms with Crippen LogP contribution in [0.2, 0.25) is 0 Å². The van der Waals surface area contributed by atoms with Crippen molar-refractivity contribution in [1.82, 2.24) is 0 Å². The van der Waals surface area contributed by atoms with E-state index in [4.69, 9.17) is 0 Å². The molecule has 0 saturated heterocycles. The summed E-state index contributed by atoms with van der Waals surface area (Å²) in [5.74, 6) is -0.375. The maximum atomic E-state index is 9.99. The molecule has 0 amide bonds.